The van der Waals surface area contributed by atoms with E-state index in [2.05, 4.69) is 20.5 Å². The third kappa shape index (κ3) is 3.38. The van der Waals surface area contributed by atoms with Gasteiger partial charge >= 0.3 is 6.18 Å². The molecule has 0 spiro atoms. The SMILES string of the molecule is Cc1nn(C)cc1CNC(=O)c1cc2nc(C3CC3)cc(C(F)(F)F)n2n1. The molecule has 0 saturated heterocycles. The van der Waals surface area contributed by atoms with Gasteiger partial charge in [0.15, 0.2) is 11.3 Å². The minimum absolute atomic E-state index is 0.0226. The first-order valence-corrected chi connectivity index (χ1v) is 8.47. The summed E-state index contributed by atoms with van der Waals surface area (Å²) in [5.41, 5.74) is 0.976. The summed E-state index contributed by atoms with van der Waals surface area (Å²) in [6.07, 6.45) is -1.17. The molecule has 0 unspecified atom stereocenters. The van der Waals surface area contributed by atoms with Crippen molar-refractivity contribution in [1.29, 1.82) is 0 Å². The molecule has 0 aromatic carbocycles. The number of rotatable bonds is 4. The lowest BCUT2D eigenvalue weighted by Crippen LogP contribution is -2.23. The summed E-state index contributed by atoms with van der Waals surface area (Å²) in [5.74, 6) is -0.512. The maximum Gasteiger partial charge on any atom is 0.433 e. The van der Waals surface area contributed by atoms with Crippen molar-refractivity contribution >= 4 is 11.6 Å². The van der Waals surface area contributed by atoms with Gasteiger partial charge in [-0.25, -0.2) is 9.50 Å². The first-order chi connectivity index (χ1) is 12.7. The molecule has 1 saturated carbocycles. The van der Waals surface area contributed by atoms with Crippen molar-refractivity contribution in [2.24, 2.45) is 7.05 Å². The van der Waals surface area contributed by atoms with Crippen molar-refractivity contribution in [2.75, 3.05) is 0 Å². The Balaban J connectivity index is 1.64. The van der Waals surface area contributed by atoms with Gasteiger partial charge in [0, 0.05) is 43.0 Å². The number of halogens is 3. The maximum atomic E-state index is 13.4. The number of hydrogen-bond acceptors (Lipinski definition) is 4. The van der Waals surface area contributed by atoms with Gasteiger partial charge in [0.2, 0.25) is 0 Å². The molecule has 3 heterocycles. The molecule has 1 amide bonds. The van der Waals surface area contributed by atoms with Crippen LogP contribution in [0.25, 0.3) is 5.65 Å². The molecule has 4 rings (SSSR count). The lowest BCUT2D eigenvalue weighted by Gasteiger charge is -2.10. The molecule has 0 aliphatic heterocycles. The van der Waals surface area contributed by atoms with E-state index in [9.17, 15) is 18.0 Å². The van der Waals surface area contributed by atoms with E-state index in [1.807, 2.05) is 6.92 Å². The van der Waals surface area contributed by atoms with Gasteiger partial charge in [-0.3, -0.25) is 9.48 Å². The largest absolute Gasteiger partial charge is 0.433 e. The van der Waals surface area contributed by atoms with Crippen LogP contribution in [0.3, 0.4) is 0 Å². The van der Waals surface area contributed by atoms with Crippen LogP contribution >= 0.6 is 0 Å². The van der Waals surface area contributed by atoms with Crippen LogP contribution in [0.15, 0.2) is 18.3 Å². The zero-order valence-electron chi connectivity index (χ0n) is 14.7. The zero-order valence-corrected chi connectivity index (χ0v) is 14.7. The van der Waals surface area contributed by atoms with Crippen LogP contribution in [0.2, 0.25) is 0 Å². The molecule has 3 aromatic heterocycles. The van der Waals surface area contributed by atoms with E-state index in [0.717, 1.165) is 30.2 Å². The normalized spacial score (nSPS) is 14.7. The Labute approximate surface area is 152 Å². The molecule has 0 bridgehead atoms. The Morgan fingerprint density at radius 3 is 2.63 bits per heavy atom. The molecule has 1 N–H and O–H groups in total. The van der Waals surface area contributed by atoms with Crippen LogP contribution in [-0.2, 0) is 19.8 Å². The second-order valence-corrected chi connectivity index (χ2v) is 6.73. The third-order valence-corrected chi connectivity index (χ3v) is 4.52. The highest BCUT2D eigenvalue weighted by molar-refractivity contribution is 5.93. The van der Waals surface area contributed by atoms with E-state index in [4.69, 9.17) is 0 Å². The van der Waals surface area contributed by atoms with E-state index in [1.165, 1.54) is 6.07 Å². The molecule has 0 atom stereocenters. The van der Waals surface area contributed by atoms with Gasteiger partial charge in [0.1, 0.15) is 5.69 Å². The van der Waals surface area contributed by atoms with Crippen LogP contribution in [-0.4, -0.2) is 30.3 Å². The van der Waals surface area contributed by atoms with E-state index < -0.39 is 17.8 Å². The summed E-state index contributed by atoms with van der Waals surface area (Å²) in [4.78, 5) is 16.6. The predicted octanol–water partition coefficient (Wildman–Crippen LogP) is 2.60. The summed E-state index contributed by atoms with van der Waals surface area (Å²) < 4.78 is 42.5. The highest BCUT2D eigenvalue weighted by Gasteiger charge is 2.37. The van der Waals surface area contributed by atoms with Gasteiger partial charge in [-0.15, -0.1) is 0 Å². The van der Waals surface area contributed by atoms with Crippen LogP contribution in [0.1, 0.15) is 51.9 Å². The van der Waals surface area contributed by atoms with Crippen LogP contribution in [0.5, 0.6) is 0 Å². The first kappa shape index (κ1) is 17.5. The monoisotopic (exact) mass is 378 g/mol. The van der Waals surface area contributed by atoms with Crippen molar-refractivity contribution in [2.45, 2.75) is 38.4 Å². The Morgan fingerprint density at radius 1 is 1.30 bits per heavy atom. The van der Waals surface area contributed by atoms with Crippen molar-refractivity contribution in [3.63, 3.8) is 0 Å². The van der Waals surface area contributed by atoms with Gasteiger partial charge in [-0.05, 0) is 25.8 Å². The van der Waals surface area contributed by atoms with Gasteiger partial charge < -0.3 is 5.32 Å². The zero-order chi connectivity index (χ0) is 19.3. The lowest BCUT2D eigenvalue weighted by molar-refractivity contribution is -0.142. The Morgan fingerprint density at radius 2 is 2.04 bits per heavy atom. The third-order valence-electron chi connectivity index (χ3n) is 4.52. The Hall–Kier alpha value is -2.91. The molecule has 142 valence electrons. The highest BCUT2D eigenvalue weighted by atomic mass is 19.4. The van der Waals surface area contributed by atoms with E-state index in [1.54, 1.807) is 17.9 Å². The molecule has 3 aromatic rings. The second-order valence-electron chi connectivity index (χ2n) is 6.73. The average Bonchev–Trinajstić information content (AvgIpc) is 3.26. The number of aromatic nitrogens is 5. The summed E-state index contributed by atoms with van der Waals surface area (Å²) in [7, 11) is 1.77. The topological polar surface area (TPSA) is 77.1 Å². The Bertz CT molecular complexity index is 1030. The molecule has 1 aliphatic rings. The first-order valence-electron chi connectivity index (χ1n) is 8.47. The summed E-state index contributed by atoms with van der Waals surface area (Å²) in [6, 6.07) is 2.31. The lowest BCUT2D eigenvalue weighted by atomic mass is 10.2. The minimum atomic E-state index is -4.59. The van der Waals surface area contributed by atoms with Crippen molar-refractivity contribution in [3.05, 3.63) is 46.7 Å². The standard InChI is InChI=1S/C17H17F3N6O/c1-9-11(8-25(2)23-9)7-21-16(27)13-6-15-22-12(10-3-4-10)5-14(17(18,19)20)26(15)24-13/h5-6,8,10H,3-4,7H2,1-2H3,(H,21,27). The van der Waals surface area contributed by atoms with Crippen LogP contribution in [0, 0.1) is 6.92 Å². The summed E-state index contributed by atoms with van der Waals surface area (Å²) >= 11 is 0. The fourth-order valence-corrected chi connectivity index (χ4v) is 2.98. The summed E-state index contributed by atoms with van der Waals surface area (Å²) in [6.45, 7) is 2.02. The fourth-order valence-electron chi connectivity index (χ4n) is 2.98. The number of hydrogen-bond donors (Lipinski definition) is 1. The number of carbonyl (C=O) groups is 1. The van der Waals surface area contributed by atoms with Gasteiger partial charge in [0.05, 0.1) is 5.69 Å². The number of aryl methyl sites for hydroxylation is 2. The maximum absolute atomic E-state index is 13.4. The van der Waals surface area contributed by atoms with E-state index in [-0.39, 0.29) is 23.8 Å². The molecular formula is C17H17F3N6O. The van der Waals surface area contributed by atoms with Gasteiger partial charge in [-0.1, -0.05) is 0 Å². The average molecular weight is 378 g/mol. The number of alkyl halides is 3. The van der Waals surface area contributed by atoms with E-state index >= 15 is 0 Å². The van der Waals surface area contributed by atoms with Gasteiger partial charge in [0.25, 0.3) is 5.91 Å². The number of nitrogens with zero attached hydrogens (tertiary/aromatic N) is 5. The number of nitrogens with one attached hydrogen (secondary N) is 1. The molecule has 1 fully saturated rings. The van der Waals surface area contributed by atoms with Crippen molar-refractivity contribution < 1.29 is 18.0 Å². The van der Waals surface area contributed by atoms with Crippen molar-refractivity contribution in [3.8, 4) is 0 Å². The fraction of sp³-hybridized carbons (Fsp3) is 0.412. The quantitative estimate of drug-likeness (QED) is 0.757. The number of fused-ring (bicyclic) bond motifs is 1. The molecule has 27 heavy (non-hydrogen) atoms. The molecule has 1 aliphatic carbocycles. The summed E-state index contributed by atoms with van der Waals surface area (Å²) in [5, 5.41) is 10.7. The molecule has 7 nitrogen and oxygen atoms in total. The highest BCUT2D eigenvalue weighted by Crippen LogP contribution is 2.41. The Kier molecular flexibility index (Phi) is 3.93. The number of carbonyl (C=O) groups excluding carboxylic acids is 1. The van der Waals surface area contributed by atoms with E-state index in [0.29, 0.717) is 10.2 Å². The molecule has 10 heteroatoms. The number of amides is 1. The predicted molar refractivity (Wildman–Crippen MR) is 89.1 cm³/mol. The van der Waals surface area contributed by atoms with Crippen LogP contribution < -0.4 is 5.32 Å². The second kappa shape index (κ2) is 6.07. The minimum Gasteiger partial charge on any atom is -0.346 e. The molecular weight excluding hydrogens is 361 g/mol. The van der Waals surface area contributed by atoms with Crippen molar-refractivity contribution in [1.82, 2.24) is 29.7 Å². The smallest absolute Gasteiger partial charge is 0.346 e. The van der Waals surface area contributed by atoms with Crippen LogP contribution in [0.4, 0.5) is 13.2 Å². The molecule has 0 radical (unpaired) electrons. The van der Waals surface area contributed by atoms with Gasteiger partial charge in [-0.2, -0.15) is 23.4 Å².